The van der Waals surface area contributed by atoms with Crippen LogP contribution in [0.15, 0.2) is 46.3 Å². The summed E-state index contributed by atoms with van der Waals surface area (Å²) < 4.78 is 6.39. The fraction of sp³-hybridized carbons (Fsp3) is 0.188. The highest BCUT2D eigenvalue weighted by Crippen LogP contribution is 2.36. The SMILES string of the molecule is COc1ccc(Br)c2c1C(=NOC(=O)c1cccnc1)CC2. The summed E-state index contributed by atoms with van der Waals surface area (Å²) in [5.74, 6) is 0.204. The van der Waals surface area contributed by atoms with Crippen LogP contribution in [0.1, 0.15) is 27.9 Å². The molecule has 2 aromatic rings. The van der Waals surface area contributed by atoms with Crippen LogP contribution in [0, 0.1) is 0 Å². The predicted molar refractivity (Wildman–Crippen MR) is 85.2 cm³/mol. The largest absolute Gasteiger partial charge is 0.496 e. The lowest BCUT2D eigenvalue weighted by Gasteiger charge is -2.09. The third-order valence-corrected chi connectivity index (χ3v) is 4.22. The molecular weight excluding hydrogens is 348 g/mol. The Labute approximate surface area is 136 Å². The van der Waals surface area contributed by atoms with Crippen LogP contribution >= 0.6 is 15.9 Å². The van der Waals surface area contributed by atoms with Crippen LogP contribution in [0.4, 0.5) is 0 Å². The zero-order valence-electron chi connectivity index (χ0n) is 11.9. The van der Waals surface area contributed by atoms with E-state index in [-0.39, 0.29) is 0 Å². The van der Waals surface area contributed by atoms with Gasteiger partial charge >= 0.3 is 5.97 Å². The number of ether oxygens (including phenoxy) is 1. The zero-order valence-corrected chi connectivity index (χ0v) is 13.5. The first-order chi connectivity index (χ1) is 10.7. The van der Waals surface area contributed by atoms with Crippen molar-refractivity contribution in [2.24, 2.45) is 5.16 Å². The predicted octanol–water partition coefficient (Wildman–Crippen LogP) is 3.36. The molecule has 0 saturated carbocycles. The van der Waals surface area contributed by atoms with Crippen LogP contribution in [-0.4, -0.2) is 23.8 Å². The smallest absolute Gasteiger partial charge is 0.367 e. The van der Waals surface area contributed by atoms with Gasteiger partial charge in [-0.1, -0.05) is 21.1 Å². The number of halogens is 1. The van der Waals surface area contributed by atoms with Crippen LogP contribution in [0.3, 0.4) is 0 Å². The lowest BCUT2D eigenvalue weighted by molar-refractivity contribution is 0.0515. The van der Waals surface area contributed by atoms with Crippen molar-refractivity contribution in [2.75, 3.05) is 7.11 Å². The fourth-order valence-electron chi connectivity index (χ4n) is 2.42. The molecule has 0 radical (unpaired) electrons. The number of hydrogen-bond donors (Lipinski definition) is 0. The highest BCUT2D eigenvalue weighted by atomic mass is 79.9. The van der Waals surface area contributed by atoms with Crippen molar-refractivity contribution in [3.63, 3.8) is 0 Å². The van der Waals surface area contributed by atoms with E-state index in [0.29, 0.717) is 17.7 Å². The molecule has 1 aliphatic rings. The van der Waals surface area contributed by atoms with Gasteiger partial charge in [0.2, 0.25) is 0 Å². The molecule has 1 heterocycles. The molecule has 1 aromatic heterocycles. The number of carbonyl (C=O) groups excluding carboxylic acids is 1. The summed E-state index contributed by atoms with van der Waals surface area (Å²) in [7, 11) is 1.61. The molecule has 22 heavy (non-hydrogen) atoms. The number of methoxy groups -OCH3 is 1. The van der Waals surface area contributed by atoms with Crippen molar-refractivity contribution < 1.29 is 14.4 Å². The summed E-state index contributed by atoms with van der Waals surface area (Å²) in [6.45, 7) is 0. The average Bonchev–Trinajstić information content (AvgIpc) is 2.99. The van der Waals surface area contributed by atoms with Crippen LogP contribution < -0.4 is 4.74 Å². The molecule has 0 aliphatic heterocycles. The molecule has 112 valence electrons. The summed E-state index contributed by atoms with van der Waals surface area (Å²) in [5, 5.41) is 4.03. The molecule has 3 rings (SSSR count). The number of nitrogens with zero attached hydrogens (tertiary/aromatic N) is 2. The maximum Gasteiger partial charge on any atom is 0.367 e. The van der Waals surface area contributed by atoms with E-state index in [2.05, 4.69) is 26.1 Å². The van der Waals surface area contributed by atoms with Gasteiger partial charge in [0.05, 0.1) is 18.4 Å². The second-order valence-electron chi connectivity index (χ2n) is 4.76. The molecule has 0 bridgehead atoms. The molecule has 0 N–H and O–H groups in total. The zero-order chi connectivity index (χ0) is 15.5. The van der Waals surface area contributed by atoms with E-state index in [1.165, 1.54) is 6.20 Å². The maximum absolute atomic E-state index is 11.9. The normalized spacial score (nSPS) is 14.7. The van der Waals surface area contributed by atoms with Gasteiger partial charge in [0.1, 0.15) is 5.75 Å². The van der Waals surface area contributed by atoms with Crippen molar-refractivity contribution in [3.8, 4) is 5.75 Å². The first-order valence-electron chi connectivity index (χ1n) is 6.74. The van der Waals surface area contributed by atoms with Gasteiger partial charge in [-0.15, -0.1) is 0 Å². The van der Waals surface area contributed by atoms with Crippen LogP contribution in [-0.2, 0) is 11.3 Å². The molecule has 0 fully saturated rings. The number of carbonyl (C=O) groups is 1. The highest BCUT2D eigenvalue weighted by Gasteiger charge is 2.25. The molecule has 0 spiro atoms. The lowest BCUT2D eigenvalue weighted by atomic mass is 10.1. The Morgan fingerprint density at radius 2 is 2.18 bits per heavy atom. The lowest BCUT2D eigenvalue weighted by Crippen LogP contribution is -2.05. The Morgan fingerprint density at radius 3 is 2.91 bits per heavy atom. The number of benzene rings is 1. The van der Waals surface area contributed by atoms with E-state index in [1.807, 2.05) is 12.1 Å². The van der Waals surface area contributed by atoms with Crippen LogP contribution in [0.25, 0.3) is 0 Å². The molecular formula is C16H13BrN2O3. The number of pyridine rings is 1. The molecule has 5 nitrogen and oxygen atoms in total. The van der Waals surface area contributed by atoms with Crippen molar-refractivity contribution in [1.82, 2.24) is 4.98 Å². The summed E-state index contributed by atoms with van der Waals surface area (Å²) in [4.78, 5) is 20.9. The number of hydrogen-bond acceptors (Lipinski definition) is 5. The topological polar surface area (TPSA) is 60.8 Å². The third-order valence-electron chi connectivity index (χ3n) is 3.47. The van der Waals surface area contributed by atoms with E-state index in [4.69, 9.17) is 9.57 Å². The van der Waals surface area contributed by atoms with Gasteiger partial charge in [0.15, 0.2) is 0 Å². The second kappa shape index (κ2) is 6.27. The van der Waals surface area contributed by atoms with Gasteiger partial charge in [-0.2, -0.15) is 0 Å². The van der Waals surface area contributed by atoms with Gasteiger partial charge in [-0.3, -0.25) is 4.98 Å². The third kappa shape index (κ3) is 2.74. The summed E-state index contributed by atoms with van der Waals surface area (Å²) in [6, 6.07) is 7.12. The van der Waals surface area contributed by atoms with Crippen LogP contribution in [0.5, 0.6) is 5.75 Å². The quantitative estimate of drug-likeness (QED) is 0.621. The Balaban J connectivity index is 1.87. The molecule has 1 aromatic carbocycles. The van der Waals surface area contributed by atoms with Gasteiger partial charge < -0.3 is 9.57 Å². The Hall–Kier alpha value is -2.21. The van der Waals surface area contributed by atoms with Gasteiger partial charge in [-0.25, -0.2) is 4.79 Å². The fourth-order valence-corrected chi connectivity index (χ4v) is 2.95. The summed E-state index contributed by atoms with van der Waals surface area (Å²) >= 11 is 3.53. The summed E-state index contributed by atoms with van der Waals surface area (Å²) in [5.41, 5.74) is 3.10. The first-order valence-corrected chi connectivity index (χ1v) is 7.54. The monoisotopic (exact) mass is 360 g/mol. The average molecular weight is 361 g/mol. The van der Waals surface area contributed by atoms with Crippen LogP contribution in [0.2, 0.25) is 0 Å². The number of rotatable bonds is 3. The standard InChI is InChI=1S/C16H13BrN2O3/c1-21-14-7-5-12(17)11-4-6-13(15(11)14)19-22-16(20)10-3-2-8-18-9-10/h2-3,5,7-9H,4,6H2,1H3. The van der Waals surface area contributed by atoms with Gasteiger partial charge in [0, 0.05) is 22.4 Å². The van der Waals surface area contributed by atoms with Crippen molar-refractivity contribution in [3.05, 3.63) is 57.8 Å². The van der Waals surface area contributed by atoms with Crippen molar-refractivity contribution in [2.45, 2.75) is 12.8 Å². The van der Waals surface area contributed by atoms with E-state index in [1.54, 1.807) is 25.4 Å². The Bertz CT molecular complexity index is 745. The minimum atomic E-state index is -0.525. The van der Waals surface area contributed by atoms with Crippen molar-refractivity contribution in [1.29, 1.82) is 0 Å². The molecule has 0 atom stereocenters. The first kappa shape index (κ1) is 14.7. The molecule has 0 amide bonds. The Kier molecular flexibility index (Phi) is 4.20. The van der Waals surface area contributed by atoms with E-state index < -0.39 is 5.97 Å². The van der Waals surface area contributed by atoms with E-state index in [0.717, 1.165) is 27.8 Å². The molecule has 1 aliphatic carbocycles. The Morgan fingerprint density at radius 1 is 1.32 bits per heavy atom. The van der Waals surface area contributed by atoms with Gasteiger partial charge in [-0.05, 0) is 42.7 Å². The minimum Gasteiger partial charge on any atom is -0.496 e. The number of fused-ring (bicyclic) bond motifs is 1. The van der Waals surface area contributed by atoms with E-state index in [9.17, 15) is 4.79 Å². The highest BCUT2D eigenvalue weighted by molar-refractivity contribution is 9.10. The molecule has 6 heteroatoms. The second-order valence-corrected chi connectivity index (χ2v) is 5.62. The number of aromatic nitrogens is 1. The maximum atomic E-state index is 11.9. The minimum absolute atomic E-state index is 0.367. The molecule has 0 saturated heterocycles. The van der Waals surface area contributed by atoms with Gasteiger partial charge in [0.25, 0.3) is 0 Å². The van der Waals surface area contributed by atoms with Crippen molar-refractivity contribution >= 4 is 27.6 Å². The number of oxime groups is 1. The van der Waals surface area contributed by atoms with E-state index >= 15 is 0 Å². The summed E-state index contributed by atoms with van der Waals surface area (Å²) in [6.07, 6.45) is 4.57. The molecule has 0 unspecified atom stereocenters.